The second-order valence-electron chi connectivity index (χ2n) is 3.11. The van der Waals surface area contributed by atoms with Crippen molar-refractivity contribution < 1.29 is 19.1 Å². The number of rotatable bonds is 7. The van der Waals surface area contributed by atoms with Gasteiger partial charge in [-0.3, -0.25) is 9.63 Å². The molecular weight excluding hydrogens is 290 g/mol. The van der Waals surface area contributed by atoms with Crippen molar-refractivity contribution in [3.8, 4) is 5.75 Å². The topological polar surface area (TPSA) is 56.8 Å². The maximum Gasteiger partial charge on any atom is 0.281 e. The minimum absolute atomic E-state index is 0.0887. The molecule has 0 atom stereocenters. The lowest BCUT2D eigenvalue weighted by molar-refractivity contribution is -0.136. The maximum absolute atomic E-state index is 11.2. The Kier molecular flexibility index (Phi) is 6.61. The molecule has 6 heteroatoms. The highest BCUT2D eigenvalue weighted by Gasteiger charge is 2.02. The first-order valence-electron chi connectivity index (χ1n) is 5.00. The van der Waals surface area contributed by atoms with E-state index in [1.165, 1.54) is 0 Å². The van der Waals surface area contributed by atoms with Gasteiger partial charge in [-0.05, 0) is 24.3 Å². The van der Waals surface area contributed by atoms with E-state index in [1.807, 2.05) is 12.1 Å². The first-order valence-corrected chi connectivity index (χ1v) is 5.79. The fourth-order valence-corrected chi connectivity index (χ4v) is 1.23. The number of methoxy groups -OCH3 is 1. The van der Waals surface area contributed by atoms with Gasteiger partial charge in [-0.15, -0.1) is 0 Å². The van der Waals surface area contributed by atoms with Crippen molar-refractivity contribution >= 4 is 21.8 Å². The van der Waals surface area contributed by atoms with Crippen LogP contribution < -0.4 is 10.2 Å². The Balaban J connectivity index is 2.17. The molecule has 1 aromatic carbocycles. The summed E-state index contributed by atoms with van der Waals surface area (Å²) in [5.41, 5.74) is 2.25. The zero-order chi connectivity index (χ0) is 12.5. The SMILES string of the molecule is COCCONC(=O)COc1ccc(Br)cc1. The quantitative estimate of drug-likeness (QED) is 0.613. The average Bonchev–Trinajstić information content (AvgIpc) is 2.34. The number of benzene rings is 1. The van der Waals surface area contributed by atoms with Crippen molar-refractivity contribution in [3.63, 3.8) is 0 Å². The van der Waals surface area contributed by atoms with Crippen LogP contribution in [0.5, 0.6) is 5.75 Å². The highest BCUT2D eigenvalue weighted by Crippen LogP contribution is 2.15. The van der Waals surface area contributed by atoms with Crippen LogP contribution in [0.1, 0.15) is 0 Å². The highest BCUT2D eigenvalue weighted by molar-refractivity contribution is 9.10. The van der Waals surface area contributed by atoms with Crippen molar-refractivity contribution in [2.75, 3.05) is 26.9 Å². The molecule has 0 aliphatic carbocycles. The first kappa shape index (κ1) is 14.0. The van der Waals surface area contributed by atoms with E-state index in [-0.39, 0.29) is 12.5 Å². The van der Waals surface area contributed by atoms with E-state index in [2.05, 4.69) is 21.4 Å². The lowest BCUT2D eigenvalue weighted by Crippen LogP contribution is -2.30. The standard InChI is InChI=1S/C11H14BrNO4/c1-15-6-7-17-13-11(14)8-16-10-4-2-9(12)3-5-10/h2-5H,6-8H2,1H3,(H,13,14). The fraction of sp³-hybridized carbons (Fsp3) is 0.364. The summed E-state index contributed by atoms with van der Waals surface area (Å²) in [6, 6.07) is 7.21. The summed E-state index contributed by atoms with van der Waals surface area (Å²) in [7, 11) is 1.56. The average molecular weight is 304 g/mol. The van der Waals surface area contributed by atoms with Gasteiger partial charge in [0, 0.05) is 11.6 Å². The molecule has 1 N–H and O–H groups in total. The zero-order valence-corrected chi connectivity index (χ0v) is 11.0. The van der Waals surface area contributed by atoms with Crippen LogP contribution in [0, 0.1) is 0 Å². The molecule has 0 aliphatic rings. The number of ether oxygens (including phenoxy) is 2. The van der Waals surface area contributed by atoms with Gasteiger partial charge < -0.3 is 9.47 Å². The summed E-state index contributed by atoms with van der Waals surface area (Å²) in [6.45, 7) is 0.642. The van der Waals surface area contributed by atoms with Crippen LogP contribution in [0.25, 0.3) is 0 Å². The van der Waals surface area contributed by atoms with Gasteiger partial charge in [-0.1, -0.05) is 15.9 Å². The van der Waals surface area contributed by atoms with E-state index >= 15 is 0 Å². The van der Waals surface area contributed by atoms with Crippen LogP contribution in [0.3, 0.4) is 0 Å². The number of hydrogen-bond donors (Lipinski definition) is 1. The largest absolute Gasteiger partial charge is 0.484 e. The molecule has 0 unspecified atom stereocenters. The van der Waals surface area contributed by atoms with Crippen molar-refractivity contribution in [3.05, 3.63) is 28.7 Å². The number of nitrogens with one attached hydrogen (secondary N) is 1. The van der Waals surface area contributed by atoms with E-state index in [4.69, 9.17) is 14.3 Å². The molecule has 1 amide bonds. The van der Waals surface area contributed by atoms with Gasteiger partial charge in [0.15, 0.2) is 6.61 Å². The fourth-order valence-electron chi connectivity index (χ4n) is 0.966. The van der Waals surface area contributed by atoms with E-state index in [9.17, 15) is 4.79 Å². The van der Waals surface area contributed by atoms with Gasteiger partial charge in [0.1, 0.15) is 5.75 Å². The number of carbonyl (C=O) groups is 1. The Labute approximate surface area is 108 Å². The summed E-state index contributed by atoms with van der Waals surface area (Å²) >= 11 is 3.31. The van der Waals surface area contributed by atoms with Crippen molar-refractivity contribution in [1.29, 1.82) is 0 Å². The zero-order valence-electron chi connectivity index (χ0n) is 9.44. The predicted octanol–water partition coefficient (Wildman–Crippen LogP) is 1.52. The number of hydrogen-bond acceptors (Lipinski definition) is 4. The number of hydroxylamine groups is 1. The third-order valence-electron chi connectivity index (χ3n) is 1.76. The van der Waals surface area contributed by atoms with Gasteiger partial charge in [-0.2, -0.15) is 0 Å². The lowest BCUT2D eigenvalue weighted by atomic mass is 10.3. The van der Waals surface area contributed by atoms with Crippen LogP contribution in [-0.2, 0) is 14.4 Å². The monoisotopic (exact) mass is 303 g/mol. The maximum atomic E-state index is 11.2. The van der Waals surface area contributed by atoms with Gasteiger partial charge >= 0.3 is 0 Å². The highest BCUT2D eigenvalue weighted by atomic mass is 79.9. The normalized spacial score (nSPS) is 10.0. The molecule has 0 bridgehead atoms. The smallest absolute Gasteiger partial charge is 0.281 e. The Hall–Kier alpha value is -1.11. The van der Waals surface area contributed by atoms with Crippen LogP contribution >= 0.6 is 15.9 Å². The molecule has 0 saturated heterocycles. The molecule has 0 fully saturated rings. The minimum Gasteiger partial charge on any atom is -0.484 e. The first-order chi connectivity index (χ1) is 8.22. The van der Waals surface area contributed by atoms with E-state index in [1.54, 1.807) is 19.2 Å². The molecule has 0 saturated carbocycles. The molecule has 94 valence electrons. The summed E-state index contributed by atoms with van der Waals surface area (Å²) in [4.78, 5) is 16.1. The number of halogens is 1. The third kappa shape index (κ3) is 6.25. The summed E-state index contributed by atoms with van der Waals surface area (Å²) in [6.07, 6.45) is 0. The molecule has 0 aliphatic heterocycles. The van der Waals surface area contributed by atoms with Gasteiger partial charge in [0.25, 0.3) is 5.91 Å². The molecule has 0 aromatic heterocycles. The van der Waals surface area contributed by atoms with Gasteiger partial charge in [-0.25, -0.2) is 5.48 Å². The molecule has 1 rings (SSSR count). The second kappa shape index (κ2) is 8.05. The van der Waals surface area contributed by atoms with Crippen LogP contribution in [0.15, 0.2) is 28.7 Å². The molecule has 17 heavy (non-hydrogen) atoms. The second-order valence-corrected chi connectivity index (χ2v) is 4.02. The molecule has 0 radical (unpaired) electrons. The molecular formula is C11H14BrNO4. The molecule has 0 heterocycles. The van der Waals surface area contributed by atoms with E-state index in [0.29, 0.717) is 19.0 Å². The lowest BCUT2D eigenvalue weighted by Gasteiger charge is -2.07. The molecule has 5 nitrogen and oxygen atoms in total. The van der Waals surface area contributed by atoms with Crippen LogP contribution in [0.4, 0.5) is 0 Å². The van der Waals surface area contributed by atoms with Crippen molar-refractivity contribution in [2.45, 2.75) is 0 Å². The predicted molar refractivity (Wildman–Crippen MR) is 65.6 cm³/mol. The summed E-state index contributed by atoms with van der Waals surface area (Å²) < 4.78 is 10.9. The summed E-state index contributed by atoms with van der Waals surface area (Å²) in [5.74, 6) is 0.282. The Morgan fingerprint density at radius 2 is 2.00 bits per heavy atom. The Morgan fingerprint density at radius 1 is 1.29 bits per heavy atom. The Morgan fingerprint density at radius 3 is 2.65 bits per heavy atom. The third-order valence-corrected chi connectivity index (χ3v) is 2.29. The van der Waals surface area contributed by atoms with Gasteiger partial charge in [0.05, 0.1) is 13.2 Å². The minimum atomic E-state index is -0.343. The van der Waals surface area contributed by atoms with Gasteiger partial charge in [0.2, 0.25) is 0 Å². The van der Waals surface area contributed by atoms with E-state index < -0.39 is 0 Å². The molecule has 1 aromatic rings. The Bertz CT molecular complexity index is 342. The molecule has 0 spiro atoms. The van der Waals surface area contributed by atoms with Crippen molar-refractivity contribution in [1.82, 2.24) is 5.48 Å². The van der Waals surface area contributed by atoms with Crippen LogP contribution in [-0.4, -0.2) is 32.8 Å². The number of carbonyl (C=O) groups excluding carboxylic acids is 1. The van der Waals surface area contributed by atoms with E-state index in [0.717, 1.165) is 4.47 Å². The van der Waals surface area contributed by atoms with Crippen molar-refractivity contribution in [2.24, 2.45) is 0 Å². The summed E-state index contributed by atoms with van der Waals surface area (Å²) in [5, 5.41) is 0. The van der Waals surface area contributed by atoms with Crippen LogP contribution in [0.2, 0.25) is 0 Å². The number of amides is 1.